The van der Waals surface area contributed by atoms with Crippen molar-refractivity contribution in [3.63, 3.8) is 0 Å². The average Bonchev–Trinajstić information content (AvgIpc) is 2.92. The molecule has 0 bridgehead atoms. The van der Waals surface area contributed by atoms with Crippen LogP contribution in [0, 0.1) is 5.92 Å². The minimum absolute atomic E-state index is 0.00781. The highest BCUT2D eigenvalue weighted by Gasteiger charge is 2.27. The van der Waals surface area contributed by atoms with Gasteiger partial charge in [0, 0.05) is 30.9 Å². The normalized spacial score (nSPS) is 17.5. The fraction of sp³-hybridized carbons (Fsp3) is 0.346. The van der Waals surface area contributed by atoms with Crippen LogP contribution in [0.15, 0.2) is 54.9 Å². The highest BCUT2D eigenvalue weighted by atomic mass is 16.6. The third-order valence-corrected chi connectivity index (χ3v) is 6.05. The van der Waals surface area contributed by atoms with Crippen LogP contribution >= 0.6 is 0 Å². The maximum absolute atomic E-state index is 12.5. The lowest BCUT2D eigenvalue weighted by Gasteiger charge is -2.29. The molecule has 9 nitrogen and oxygen atoms in total. The van der Waals surface area contributed by atoms with Crippen LogP contribution in [-0.2, 0) is 9.53 Å². The van der Waals surface area contributed by atoms with Gasteiger partial charge >= 0.3 is 0 Å². The third kappa shape index (κ3) is 5.30. The molecule has 0 spiro atoms. The van der Waals surface area contributed by atoms with Gasteiger partial charge in [0.25, 0.3) is 0 Å². The van der Waals surface area contributed by atoms with Crippen LogP contribution in [0.3, 0.4) is 0 Å². The topological polar surface area (TPSA) is 104 Å². The van der Waals surface area contributed by atoms with E-state index in [1.165, 1.54) is 0 Å². The summed E-state index contributed by atoms with van der Waals surface area (Å²) in [6.07, 6.45) is 4.64. The first kappa shape index (κ1) is 22.9. The molecule has 3 aromatic rings. The van der Waals surface area contributed by atoms with E-state index < -0.39 is 0 Å². The van der Waals surface area contributed by atoms with Crippen molar-refractivity contribution in [1.82, 2.24) is 15.3 Å². The number of rotatable bonds is 7. The van der Waals surface area contributed by atoms with Crippen LogP contribution in [0.2, 0.25) is 0 Å². The molecule has 9 heteroatoms. The van der Waals surface area contributed by atoms with Gasteiger partial charge in [0.1, 0.15) is 18.4 Å². The third-order valence-electron chi connectivity index (χ3n) is 6.05. The van der Waals surface area contributed by atoms with Crippen molar-refractivity contribution in [1.29, 1.82) is 0 Å². The molecule has 1 aromatic carbocycles. The smallest absolute Gasteiger partial charge is 0.238 e. The van der Waals surface area contributed by atoms with Gasteiger partial charge in [-0.3, -0.25) is 9.78 Å². The number of para-hydroxylation sites is 1. The molecule has 1 unspecified atom stereocenters. The standard InChI is InChI=1S/C26H28N4O5/c1-32-26-22(29-18-4-3-11-27-14-18)8-7-21(30-26)20-5-2-6-23-24(20)35-19(16-34-23)15-28-25(31)17-9-12-33-13-10-17/h2-8,11,14,17,19,29H,9-10,12-13,15-16H2,1H3,(H,28,31). The van der Waals surface area contributed by atoms with Gasteiger partial charge in [-0.05, 0) is 49.2 Å². The second kappa shape index (κ2) is 10.6. The first-order valence-corrected chi connectivity index (χ1v) is 11.7. The van der Waals surface area contributed by atoms with Crippen LogP contribution in [0.25, 0.3) is 11.3 Å². The zero-order chi connectivity index (χ0) is 24.0. The first-order chi connectivity index (χ1) is 17.2. The Morgan fingerprint density at radius 3 is 2.83 bits per heavy atom. The number of benzene rings is 1. The molecule has 1 amide bonds. The molecule has 4 heterocycles. The molecule has 35 heavy (non-hydrogen) atoms. The molecule has 0 radical (unpaired) electrons. The number of nitrogens with one attached hydrogen (secondary N) is 2. The Morgan fingerprint density at radius 2 is 2.03 bits per heavy atom. The highest BCUT2D eigenvalue weighted by Crippen LogP contribution is 2.41. The number of nitrogens with zero attached hydrogens (tertiary/aromatic N) is 2. The summed E-state index contributed by atoms with van der Waals surface area (Å²) >= 11 is 0. The fourth-order valence-electron chi connectivity index (χ4n) is 4.19. The summed E-state index contributed by atoms with van der Waals surface area (Å²) < 4.78 is 23.1. The largest absolute Gasteiger partial charge is 0.486 e. The van der Waals surface area contributed by atoms with Crippen molar-refractivity contribution in [2.75, 3.05) is 38.8 Å². The number of methoxy groups -OCH3 is 1. The number of ether oxygens (including phenoxy) is 4. The summed E-state index contributed by atoms with van der Waals surface area (Å²) in [5.41, 5.74) is 3.03. The van der Waals surface area contributed by atoms with Gasteiger partial charge in [-0.1, -0.05) is 6.07 Å². The van der Waals surface area contributed by atoms with E-state index in [-0.39, 0.29) is 17.9 Å². The molecule has 182 valence electrons. The van der Waals surface area contributed by atoms with Gasteiger partial charge in [-0.25, -0.2) is 4.98 Å². The Balaban J connectivity index is 1.32. The maximum Gasteiger partial charge on any atom is 0.238 e. The van der Waals surface area contributed by atoms with Crippen molar-refractivity contribution in [3.8, 4) is 28.6 Å². The lowest BCUT2D eigenvalue weighted by atomic mass is 9.99. The molecule has 1 saturated heterocycles. The van der Waals surface area contributed by atoms with Crippen molar-refractivity contribution in [3.05, 3.63) is 54.9 Å². The summed E-state index contributed by atoms with van der Waals surface area (Å²) in [5.74, 6) is 1.73. The maximum atomic E-state index is 12.5. The molecular weight excluding hydrogens is 448 g/mol. The summed E-state index contributed by atoms with van der Waals surface area (Å²) in [5, 5.41) is 6.28. The van der Waals surface area contributed by atoms with Gasteiger partial charge < -0.3 is 29.6 Å². The predicted octanol–water partition coefficient (Wildman–Crippen LogP) is 3.58. The Kier molecular flexibility index (Phi) is 6.94. The Bertz CT molecular complexity index is 1170. The summed E-state index contributed by atoms with van der Waals surface area (Å²) in [4.78, 5) is 21.3. The molecule has 0 saturated carbocycles. The molecule has 2 N–H and O–H groups in total. The highest BCUT2D eigenvalue weighted by molar-refractivity contribution is 5.79. The Morgan fingerprint density at radius 1 is 1.14 bits per heavy atom. The van der Waals surface area contributed by atoms with E-state index in [1.807, 2.05) is 42.5 Å². The van der Waals surface area contributed by atoms with Crippen LogP contribution in [0.5, 0.6) is 17.4 Å². The lowest BCUT2D eigenvalue weighted by molar-refractivity contribution is -0.128. The number of aromatic nitrogens is 2. The van der Waals surface area contributed by atoms with E-state index >= 15 is 0 Å². The van der Waals surface area contributed by atoms with Gasteiger partial charge in [-0.2, -0.15) is 0 Å². The van der Waals surface area contributed by atoms with E-state index in [9.17, 15) is 4.79 Å². The fourth-order valence-corrected chi connectivity index (χ4v) is 4.19. The number of pyridine rings is 2. The summed E-state index contributed by atoms with van der Waals surface area (Å²) in [6.45, 7) is 1.99. The number of carbonyl (C=O) groups is 1. The second-order valence-electron chi connectivity index (χ2n) is 8.44. The minimum atomic E-state index is -0.305. The molecule has 2 aliphatic heterocycles. The Hall–Kier alpha value is -3.85. The van der Waals surface area contributed by atoms with Crippen molar-refractivity contribution in [2.24, 2.45) is 5.92 Å². The van der Waals surface area contributed by atoms with Crippen LogP contribution in [0.4, 0.5) is 11.4 Å². The van der Waals surface area contributed by atoms with Gasteiger partial charge in [0.2, 0.25) is 11.8 Å². The number of anilines is 2. The van der Waals surface area contributed by atoms with Crippen molar-refractivity contribution >= 4 is 17.3 Å². The van der Waals surface area contributed by atoms with Gasteiger partial charge in [0.05, 0.1) is 31.2 Å². The number of amides is 1. The molecule has 5 rings (SSSR count). The molecule has 0 aliphatic carbocycles. The monoisotopic (exact) mass is 476 g/mol. The molecule has 2 aliphatic rings. The Labute approximate surface area is 203 Å². The van der Waals surface area contributed by atoms with E-state index in [0.717, 1.165) is 29.8 Å². The molecule has 1 atom stereocenters. The van der Waals surface area contributed by atoms with Gasteiger partial charge in [0.15, 0.2) is 11.5 Å². The van der Waals surface area contributed by atoms with Crippen molar-refractivity contribution in [2.45, 2.75) is 18.9 Å². The van der Waals surface area contributed by atoms with Crippen LogP contribution in [0.1, 0.15) is 12.8 Å². The van der Waals surface area contributed by atoms with E-state index in [0.29, 0.717) is 49.4 Å². The number of hydrogen-bond donors (Lipinski definition) is 2. The SMILES string of the molecule is COc1nc(-c2cccc3c2OC(CNC(=O)C2CCOCC2)CO3)ccc1Nc1cccnc1. The minimum Gasteiger partial charge on any atom is -0.486 e. The zero-order valence-electron chi connectivity index (χ0n) is 19.5. The quantitative estimate of drug-likeness (QED) is 0.533. The lowest BCUT2D eigenvalue weighted by Crippen LogP contribution is -2.43. The van der Waals surface area contributed by atoms with E-state index in [2.05, 4.69) is 15.6 Å². The average molecular weight is 477 g/mol. The first-order valence-electron chi connectivity index (χ1n) is 11.7. The van der Waals surface area contributed by atoms with E-state index in [1.54, 1.807) is 19.5 Å². The zero-order valence-corrected chi connectivity index (χ0v) is 19.5. The molecule has 2 aromatic heterocycles. The van der Waals surface area contributed by atoms with E-state index in [4.69, 9.17) is 23.9 Å². The number of hydrogen-bond acceptors (Lipinski definition) is 8. The molecule has 1 fully saturated rings. The van der Waals surface area contributed by atoms with Crippen LogP contribution < -0.4 is 24.8 Å². The van der Waals surface area contributed by atoms with Crippen molar-refractivity contribution < 1.29 is 23.7 Å². The number of fused-ring (bicyclic) bond motifs is 1. The summed E-state index contributed by atoms with van der Waals surface area (Å²) in [7, 11) is 1.58. The summed E-state index contributed by atoms with van der Waals surface area (Å²) in [6, 6.07) is 13.3. The molecular formula is C26H28N4O5. The second-order valence-corrected chi connectivity index (χ2v) is 8.44. The van der Waals surface area contributed by atoms with Crippen LogP contribution in [-0.4, -0.2) is 55.5 Å². The van der Waals surface area contributed by atoms with Gasteiger partial charge in [-0.15, -0.1) is 0 Å². The predicted molar refractivity (Wildman–Crippen MR) is 130 cm³/mol. The number of carbonyl (C=O) groups excluding carboxylic acids is 1.